The van der Waals surface area contributed by atoms with Gasteiger partial charge in [-0.15, -0.1) is 23.0 Å². The molecule has 9 rings (SSSR count). The average molecular weight is 699 g/mol. The molecule has 2 aliphatic rings. The summed E-state index contributed by atoms with van der Waals surface area (Å²) < 4.78 is 4.53. The molecule has 8 radical (unpaired) electrons. The molecule has 0 amide bonds. The molecule has 9 heteroatoms. The summed E-state index contributed by atoms with van der Waals surface area (Å²) in [5.41, 5.74) is 8.70. The smallest absolute Gasteiger partial charge is 0.238 e. The van der Waals surface area contributed by atoms with Crippen LogP contribution in [0, 0.1) is 0 Å². The van der Waals surface area contributed by atoms with E-state index in [0.29, 0.717) is 28.6 Å². The fraction of sp³-hybridized carbons (Fsp3) is 0.109. The third kappa shape index (κ3) is 6.08. The molecule has 0 fully saturated rings. The Labute approximate surface area is 325 Å². The number of nitrogens with zero attached hydrogens (tertiary/aromatic N) is 5. The highest BCUT2D eigenvalue weighted by molar-refractivity contribution is 6.37. The first kappa shape index (κ1) is 34.7. The predicted molar refractivity (Wildman–Crippen MR) is 233 cm³/mol. The highest BCUT2D eigenvalue weighted by Crippen LogP contribution is 2.42. The second-order valence-electron chi connectivity index (χ2n) is 14.0. The van der Waals surface area contributed by atoms with Gasteiger partial charge in [0.05, 0.1) is 29.9 Å². The molecule has 55 heavy (non-hydrogen) atoms. The summed E-state index contributed by atoms with van der Waals surface area (Å²) in [4.78, 5) is 15.5. The van der Waals surface area contributed by atoms with E-state index in [0.717, 1.165) is 63.4 Å². The Morgan fingerprint density at radius 2 is 1.49 bits per heavy atom. The third-order valence-electron chi connectivity index (χ3n) is 10.6. The normalized spacial score (nSPS) is 16.5. The number of hydrogen-bond acceptors (Lipinski definition) is 3. The van der Waals surface area contributed by atoms with Crippen molar-refractivity contribution in [2.24, 2.45) is 0 Å². The Bertz CT molecular complexity index is 2890. The maximum Gasteiger partial charge on any atom is 0.238 e. The summed E-state index contributed by atoms with van der Waals surface area (Å²) in [6.45, 7) is 3.83. The zero-order valence-corrected chi connectivity index (χ0v) is 30.4. The molecule has 7 aromatic rings. The van der Waals surface area contributed by atoms with Gasteiger partial charge in [0.1, 0.15) is 23.5 Å². The van der Waals surface area contributed by atoms with E-state index in [1.54, 1.807) is 6.08 Å². The lowest BCUT2D eigenvalue weighted by Crippen LogP contribution is -2.11. The minimum atomic E-state index is 0.0490. The highest BCUT2D eigenvalue weighted by atomic mass is 15.2. The van der Waals surface area contributed by atoms with Crippen LogP contribution in [-0.4, -0.2) is 55.5 Å². The molecular formula is C46H33B4N5. The zero-order chi connectivity index (χ0) is 37.6. The van der Waals surface area contributed by atoms with Crippen molar-refractivity contribution in [1.82, 2.24) is 24.1 Å². The van der Waals surface area contributed by atoms with Gasteiger partial charge < -0.3 is 4.57 Å². The Morgan fingerprint density at radius 1 is 0.745 bits per heavy atom. The molecule has 1 unspecified atom stereocenters. The van der Waals surface area contributed by atoms with Gasteiger partial charge in [-0.25, -0.2) is 4.98 Å². The summed E-state index contributed by atoms with van der Waals surface area (Å²) in [6, 6.07) is 31.9. The highest BCUT2D eigenvalue weighted by Gasteiger charge is 2.24. The van der Waals surface area contributed by atoms with Gasteiger partial charge in [0, 0.05) is 44.3 Å². The minimum Gasteiger partial charge on any atom is -0.309 e. The number of hydrogen-bond donors (Lipinski definition) is 0. The van der Waals surface area contributed by atoms with Crippen LogP contribution >= 0.6 is 0 Å². The van der Waals surface area contributed by atoms with E-state index in [2.05, 4.69) is 131 Å². The largest absolute Gasteiger partial charge is 0.309 e. The van der Waals surface area contributed by atoms with Crippen LogP contribution in [-0.2, 0) is 0 Å². The van der Waals surface area contributed by atoms with E-state index in [9.17, 15) is 0 Å². The maximum atomic E-state index is 6.60. The summed E-state index contributed by atoms with van der Waals surface area (Å²) in [7, 11) is 25.1. The van der Waals surface area contributed by atoms with E-state index in [1.807, 2.05) is 12.1 Å². The molecule has 4 aromatic carbocycles. The molecule has 3 aromatic heterocycles. The maximum absolute atomic E-state index is 6.60. The summed E-state index contributed by atoms with van der Waals surface area (Å²) >= 11 is 0. The Hall–Kier alpha value is -6.07. The van der Waals surface area contributed by atoms with Crippen molar-refractivity contribution in [1.29, 1.82) is 0 Å². The first-order valence-corrected chi connectivity index (χ1v) is 18.5. The molecule has 2 aliphatic carbocycles. The summed E-state index contributed by atoms with van der Waals surface area (Å²) in [6.07, 6.45) is 17.9. The van der Waals surface area contributed by atoms with Crippen LogP contribution in [0.4, 0.5) is 0 Å². The Kier molecular flexibility index (Phi) is 9.01. The van der Waals surface area contributed by atoms with Gasteiger partial charge in [-0.3, -0.25) is 4.57 Å². The van der Waals surface area contributed by atoms with E-state index in [4.69, 9.17) is 46.3 Å². The first-order chi connectivity index (χ1) is 26.9. The fourth-order valence-corrected chi connectivity index (χ4v) is 7.89. The molecule has 0 saturated carbocycles. The molecule has 3 heterocycles. The van der Waals surface area contributed by atoms with Crippen molar-refractivity contribution >= 4 is 91.8 Å². The molecule has 5 nitrogen and oxygen atoms in total. The number of aromatic nitrogens is 5. The van der Waals surface area contributed by atoms with Crippen LogP contribution in [0.2, 0.25) is 6.32 Å². The van der Waals surface area contributed by atoms with Gasteiger partial charge >= 0.3 is 0 Å². The molecule has 0 bridgehead atoms. The van der Waals surface area contributed by atoms with Crippen molar-refractivity contribution in [3.8, 4) is 5.95 Å². The molecular weight excluding hydrogens is 666 g/mol. The predicted octanol–water partition coefficient (Wildman–Crippen LogP) is 9.60. The number of fused-ring (bicyclic) bond motifs is 7. The summed E-state index contributed by atoms with van der Waals surface area (Å²) in [5, 5.41) is 4.56. The molecule has 0 N–H and O–H groups in total. The molecule has 254 valence electrons. The van der Waals surface area contributed by atoms with Crippen molar-refractivity contribution < 1.29 is 0 Å². The number of allylic oxidation sites excluding steroid dienone is 13. The lowest BCUT2D eigenvalue weighted by atomic mass is 9.74. The number of rotatable bonds is 8. The number of benzene rings is 4. The quantitative estimate of drug-likeness (QED) is 0.117. The van der Waals surface area contributed by atoms with Gasteiger partial charge in [0.25, 0.3) is 0 Å². The van der Waals surface area contributed by atoms with Crippen LogP contribution in [0.1, 0.15) is 42.4 Å². The van der Waals surface area contributed by atoms with Crippen LogP contribution < -0.4 is 0 Å². The number of para-hydroxylation sites is 2. The van der Waals surface area contributed by atoms with Crippen molar-refractivity contribution in [3.63, 3.8) is 0 Å². The van der Waals surface area contributed by atoms with E-state index in [1.165, 1.54) is 16.3 Å². The van der Waals surface area contributed by atoms with Gasteiger partial charge in [-0.1, -0.05) is 116 Å². The Morgan fingerprint density at radius 3 is 2.24 bits per heavy atom. The van der Waals surface area contributed by atoms with Gasteiger partial charge in [0.2, 0.25) is 5.95 Å². The SMILES string of the molecule is [B]C/C([B])=C(\C=C(\[B])C([B])=C)c1nc(C2=CC(c3ccccc3)CC=C2)nc(-n2c3ccccc3c3c4c(ccc32)c2ccccc2n4C2=CCCC=C2)n1. The lowest BCUT2D eigenvalue weighted by Gasteiger charge is -2.18. The van der Waals surface area contributed by atoms with Crippen molar-refractivity contribution in [2.75, 3.05) is 0 Å². The van der Waals surface area contributed by atoms with Crippen molar-refractivity contribution in [3.05, 3.63) is 174 Å². The molecule has 1 atom stereocenters. The van der Waals surface area contributed by atoms with Crippen LogP contribution in [0.3, 0.4) is 0 Å². The minimum absolute atomic E-state index is 0.0490. The Balaban J connectivity index is 1.36. The van der Waals surface area contributed by atoms with Gasteiger partial charge in [-0.2, -0.15) is 9.97 Å². The monoisotopic (exact) mass is 699 g/mol. The zero-order valence-electron chi connectivity index (χ0n) is 30.4. The second kappa shape index (κ2) is 14.3. The van der Waals surface area contributed by atoms with Crippen molar-refractivity contribution in [2.45, 2.75) is 31.5 Å². The van der Waals surface area contributed by atoms with E-state index < -0.39 is 0 Å². The standard InChI is InChI=1S/C46H33B4N5/c1-28(48)37(49)26-36(38(50)27-47)45-51-44(31-16-12-15-30(25-31)29-13-4-2-5-14-29)52-46(53-45)55-40-22-11-9-20-35(40)42-41(55)24-23-34-33-19-8-10-21-39(33)54(43(34)42)32-17-6-3-7-18-32/h2,4-6,8-14,16-26,30H,1,3,7,15,27H2/b37-26+,38-36-. The first-order valence-electron chi connectivity index (χ1n) is 18.5. The van der Waals surface area contributed by atoms with Crippen LogP contribution in [0.5, 0.6) is 0 Å². The summed E-state index contributed by atoms with van der Waals surface area (Å²) in [5.74, 6) is 1.40. The molecule has 0 aliphatic heterocycles. The lowest BCUT2D eigenvalue weighted by molar-refractivity contribution is 0.849. The molecule has 0 spiro atoms. The van der Waals surface area contributed by atoms with Crippen LogP contribution in [0.25, 0.3) is 66.4 Å². The van der Waals surface area contributed by atoms with Crippen LogP contribution in [0.15, 0.2) is 157 Å². The fourth-order valence-electron chi connectivity index (χ4n) is 7.89. The second-order valence-corrected chi connectivity index (χ2v) is 14.0. The van der Waals surface area contributed by atoms with Gasteiger partial charge in [0.15, 0.2) is 11.6 Å². The van der Waals surface area contributed by atoms with E-state index in [-0.39, 0.29) is 23.2 Å². The van der Waals surface area contributed by atoms with E-state index >= 15 is 0 Å². The average Bonchev–Trinajstić information content (AvgIpc) is 3.76. The van der Waals surface area contributed by atoms with Gasteiger partial charge in [-0.05, 0) is 49.1 Å². The molecule has 0 saturated heterocycles. The third-order valence-corrected chi connectivity index (χ3v) is 10.6. The topological polar surface area (TPSA) is 48.5 Å².